The molecule has 0 amide bonds. The van der Waals surface area contributed by atoms with Crippen LogP contribution in [0, 0.1) is 0 Å². The molecule has 3 N–H and O–H groups in total. The van der Waals surface area contributed by atoms with Gasteiger partial charge in [0.25, 0.3) is 0 Å². The summed E-state index contributed by atoms with van der Waals surface area (Å²) >= 11 is 0. The normalized spacial score (nSPS) is 24.8. The Morgan fingerprint density at radius 1 is 1.41 bits per heavy atom. The van der Waals surface area contributed by atoms with E-state index in [0.29, 0.717) is 24.7 Å². The summed E-state index contributed by atoms with van der Waals surface area (Å²) in [6.45, 7) is 1.39. The second-order valence-electron chi connectivity index (χ2n) is 4.46. The molecule has 1 saturated carbocycles. The van der Waals surface area contributed by atoms with Crippen LogP contribution in [0.25, 0.3) is 0 Å². The van der Waals surface area contributed by atoms with Gasteiger partial charge < -0.3 is 15.8 Å². The highest BCUT2D eigenvalue weighted by molar-refractivity contribution is 5.20. The Bertz CT molecular complexity index is 333. The van der Waals surface area contributed by atoms with E-state index in [1.807, 2.05) is 0 Å². The fraction of sp³-hybridized carbons (Fsp3) is 0.900. The van der Waals surface area contributed by atoms with E-state index in [1.165, 1.54) is 0 Å². The first-order valence-electron chi connectivity index (χ1n) is 6.09. The average molecular weight is 240 g/mol. The molecule has 96 valence electrons. The van der Waals surface area contributed by atoms with Crippen LogP contribution in [-0.4, -0.2) is 45.5 Å². The third kappa shape index (κ3) is 3.64. The Balaban J connectivity index is 1.59. The molecule has 1 heterocycles. The van der Waals surface area contributed by atoms with E-state index in [-0.39, 0.29) is 0 Å². The first-order valence-corrected chi connectivity index (χ1v) is 6.09. The fourth-order valence-corrected chi connectivity index (χ4v) is 2.02. The minimum atomic E-state index is 0.370. The van der Waals surface area contributed by atoms with Crippen molar-refractivity contribution in [2.24, 2.45) is 12.8 Å². The second kappa shape index (κ2) is 5.92. The minimum absolute atomic E-state index is 0.370. The van der Waals surface area contributed by atoms with Gasteiger partial charge in [-0.2, -0.15) is 0 Å². The summed E-state index contributed by atoms with van der Waals surface area (Å²) in [7, 11) is 1.80. The van der Waals surface area contributed by atoms with Gasteiger partial charge >= 0.3 is 0 Å². The SMILES string of the molecule is Cn1nnnc1NCCOC1CCC(N)CC1. The first-order chi connectivity index (χ1) is 8.25. The Morgan fingerprint density at radius 2 is 2.18 bits per heavy atom. The molecule has 1 aliphatic carbocycles. The number of aromatic nitrogens is 4. The van der Waals surface area contributed by atoms with Crippen molar-refractivity contribution in [3.63, 3.8) is 0 Å². The molecule has 7 nitrogen and oxygen atoms in total. The monoisotopic (exact) mass is 240 g/mol. The summed E-state index contributed by atoms with van der Waals surface area (Å²) in [5.41, 5.74) is 5.84. The molecule has 17 heavy (non-hydrogen) atoms. The Hall–Kier alpha value is -1.21. The summed E-state index contributed by atoms with van der Waals surface area (Å²) in [4.78, 5) is 0. The summed E-state index contributed by atoms with van der Waals surface area (Å²) in [5.74, 6) is 0.666. The van der Waals surface area contributed by atoms with Crippen molar-refractivity contribution in [3.05, 3.63) is 0 Å². The number of nitrogens with one attached hydrogen (secondary N) is 1. The largest absolute Gasteiger partial charge is 0.376 e. The summed E-state index contributed by atoms with van der Waals surface area (Å²) in [5, 5.41) is 14.2. The van der Waals surface area contributed by atoms with Gasteiger partial charge in [0.2, 0.25) is 5.95 Å². The summed E-state index contributed by atoms with van der Waals surface area (Å²) in [6.07, 6.45) is 4.67. The quantitative estimate of drug-likeness (QED) is 0.699. The molecule has 1 aromatic rings. The van der Waals surface area contributed by atoms with Gasteiger partial charge in [0, 0.05) is 19.6 Å². The van der Waals surface area contributed by atoms with E-state index in [9.17, 15) is 0 Å². The van der Waals surface area contributed by atoms with Crippen molar-refractivity contribution in [1.82, 2.24) is 20.2 Å². The number of rotatable bonds is 5. The molecule has 2 rings (SSSR count). The number of ether oxygens (including phenoxy) is 1. The summed E-state index contributed by atoms with van der Waals surface area (Å²) in [6, 6.07) is 0.373. The zero-order valence-corrected chi connectivity index (χ0v) is 10.2. The predicted molar refractivity (Wildman–Crippen MR) is 63.5 cm³/mol. The van der Waals surface area contributed by atoms with Gasteiger partial charge in [-0.15, -0.1) is 0 Å². The van der Waals surface area contributed by atoms with Crippen LogP contribution in [0.5, 0.6) is 0 Å². The van der Waals surface area contributed by atoms with Crippen molar-refractivity contribution in [1.29, 1.82) is 0 Å². The standard InChI is InChI=1S/C10H20N6O/c1-16-10(13-14-15-16)12-6-7-17-9-4-2-8(11)3-5-9/h8-9H,2-7,11H2,1H3,(H,12,13,15). The molecular formula is C10H20N6O. The van der Waals surface area contributed by atoms with Crippen LogP contribution in [0.15, 0.2) is 0 Å². The number of aryl methyl sites for hydroxylation is 1. The lowest BCUT2D eigenvalue weighted by Gasteiger charge is -2.26. The molecule has 0 atom stereocenters. The lowest BCUT2D eigenvalue weighted by Crippen LogP contribution is -2.31. The lowest BCUT2D eigenvalue weighted by atomic mass is 9.94. The Labute approximate surface area is 101 Å². The zero-order valence-electron chi connectivity index (χ0n) is 10.2. The first kappa shape index (κ1) is 12.3. The van der Waals surface area contributed by atoms with Crippen LogP contribution in [0.2, 0.25) is 0 Å². The van der Waals surface area contributed by atoms with Crippen molar-refractivity contribution in [2.75, 3.05) is 18.5 Å². The Morgan fingerprint density at radius 3 is 2.82 bits per heavy atom. The smallest absolute Gasteiger partial charge is 0.242 e. The summed E-state index contributed by atoms with van der Waals surface area (Å²) < 4.78 is 7.37. The lowest BCUT2D eigenvalue weighted by molar-refractivity contribution is 0.0312. The number of nitrogens with zero attached hydrogens (tertiary/aromatic N) is 4. The molecule has 0 aliphatic heterocycles. The van der Waals surface area contributed by atoms with E-state index in [2.05, 4.69) is 20.8 Å². The molecule has 7 heteroatoms. The van der Waals surface area contributed by atoms with E-state index >= 15 is 0 Å². The molecule has 0 bridgehead atoms. The molecular weight excluding hydrogens is 220 g/mol. The third-order valence-corrected chi connectivity index (χ3v) is 3.08. The number of nitrogens with two attached hydrogens (primary N) is 1. The van der Waals surface area contributed by atoms with Crippen LogP contribution in [0.1, 0.15) is 25.7 Å². The molecule has 1 aromatic heterocycles. The molecule has 0 unspecified atom stereocenters. The van der Waals surface area contributed by atoms with Crippen molar-refractivity contribution in [2.45, 2.75) is 37.8 Å². The van der Waals surface area contributed by atoms with Crippen molar-refractivity contribution in [3.8, 4) is 0 Å². The highest BCUT2D eigenvalue weighted by Gasteiger charge is 2.18. The second-order valence-corrected chi connectivity index (χ2v) is 4.46. The predicted octanol–water partition coefficient (Wildman–Crippen LogP) is -0.0915. The highest BCUT2D eigenvalue weighted by Crippen LogP contribution is 2.19. The van der Waals surface area contributed by atoms with Crippen LogP contribution >= 0.6 is 0 Å². The van der Waals surface area contributed by atoms with E-state index in [0.717, 1.165) is 32.2 Å². The molecule has 0 saturated heterocycles. The van der Waals surface area contributed by atoms with E-state index in [1.54, 1.807) is 11.7 Å². The maximum atomic E-state index is 5.84. The van der Waals surface area contributed by atoms with Crippen molar-refractivity contribution >= 4 is 5.95 Å². The van der Waals surface area contributed by atoms with Crippen LogP contribution in [-0.2, 0) is 11.8 Å². The average Bonchev–Trinajstić information content (AvgIpc) is 2.73. The number of hydrogen-bond acceptors (Lipinski definition) is 6. The third-order valence-electron chi connectivity index (χ3n) is 3.08. The van der Waals surface area contributed by atoms with Gasteiger partial charge in [-0.1, -0.05) is 5.10 Å². The van der Waals surface area contributed by atoms with Gasteiger partial charge in [0.15, 0.2) is 0 Å². The van der Waals surface area contributed by atoms with E-state index < -0.39 is 0 Å². The van der Waals surface area contributed by atoms with Crippen LogP contribution < -0.4 is 11.1 Å². The maximum Gasteiger partial charge on any atom is 0.242 e. The molecule has 1 aliphatic rings. The zero-order chi connectivity index (χ0) is 12.1. The van der Waals surface area contributed by atoms with Gasteiger partial charge in [0.05, 0.1) is 12.7 Å². The van der Waals surface area contributed by atoms with Gasteiger partial charge in [-0.25, -0.2) is 4.68 Å². The van der Waals surface area contributed by atoms with Gasteiger partial charge in [-0.05, 0) is 36.1 Å². The topological polar surface area (TPSA) is 90.9 Å². The van der Waals surface area contributed by atoms with E-state index in [4.69, 9.17) is 10.5 Å². The number of tetrazole rings is 1. The molecule has 0 spiro atoms. The number of anilines is 1. The van der Waals surface area contributed by atoms with Crippen molar-refractivity contribution < 1.29 is 4.74 Å². The molecule has 0 aromatic carbocycles. The fourth-order valence-electron chi connectivity index (χ4n) is 2.02. The van der Waals surface area contributed by atoms with Gasteiger partial charge in [0.1, 0.15) is 0 Å². The highest BCUT2D eigenvalue weighted by atomic mass is 16.5. The minimum Gasteiger partial charge on any atom is -0.376 e. The van der Waals surface area contributed by atoms with Gasteiger partial charge in [-0.3, -0.25) is 0 Å². The molecule has 1 fully saturated rings. The Kier molecular flexibility index (Phi) is 4.27. The molecule has 0 radical (unpaired) electrons. The van der Waals surface area contributed by atoms with Crippen LogP contribution in [0.3, 0.4) is 0 Å². The maximum absolute atomic E-state index is 5.84. The van der Waals surface area contributed by atoms with Crippen LogP contribution in [0.4, 0.5) is 5.95 Å². The number of hydrogen-bond donors (Lipinski definition) is 2.